The van der Waals surface area contributed by atoms with E-state index in [9.17, 15) is 9.59 Å². The number of H-pyrrole nitrogens is 1. The number of rotatable bonds is 6. The van der Waals surface area contributed by atoms with Crippen molar-refractivity contribution in [3.05, 3.63) is 46.9 Å². The molecule has 1 aromatic carbocycles. The number of hydrogen-bond donors (Lipinski definition) is 2. The van der Waals surface area contributed by atoms with E-state index in [1.807, 2.05) is 31.2 Å². The third kappa shape index (κ3) is 4.62. The van der Waals surface area contributed by atoms with Crippen molar-refractivity contribution in [1.29, 1.82) is 0 Å². The molecule has 7 nitrogen and oxygen atoms in total. The molecule has 1 amide bonds. The van der Waals surface area contributed by atoms with Crippen LogP contribution in [0.25, 0.3) is 0 Å². The van der Waals surface area contributed by atoms with E-state index in [0.29, 0.717) is 24.5 Å². The average molecular weight is 356 g/mol. The highest BCUT2D eigenvalue weighted by molar-refractivity contribution is 5.92. The summed E-state index contributed by atoms with van der Waals surface area (Å²) in [6.07, 6.45) is 4.07. The SMILES string of the molecule is CCOc1ccccc1NC(=O)CC1CCCN(c2cn[nH]c(=O)c2)C1. The van der Waals surface area contributed by atoms with Gasteiger partial charge in [-0.15, -0.1) is 0 Å². The number of carbonyl (C=O) groups is 1. The molecule has 2 N–H and O–H groups in total. The van der Waals surface area contributed by atoms with Crippen LogP contribution in [-0.2, 0) is 4.79 Å². The lowest BCUT2D eigenvalue weighted by molar-refractivity contribution is -0.117. The Labute approximate surface area is 152 Å². The third-order valence-corrected chi connectivity index (χ3v) is 4.47. The molecule has 0 radical (unpaired) electrons. The first-order chi connectivity index (χ1) is 12.7. The Morgan fingerprint density at radius 3 is 3.08 bits per heavy atom. The van der Waals surface area contributed by atoms with Crippen LogP contribution in [0.15, 0.2) is 41.3 Å². The van der Waals surface area contributed by atoms with Gasteiger partial charge in [0.15, 0.2) is 0 Å². The Balaban J connectivity index is 1.60. The molecule has 3 rings (SSSR count). The number of nitrogens with zero attached hydrogens (tertiary/aromatic N) is 2. The van der Waals surface area contributed by atoms with Crippen LogP contribution in [0.2, 0.25) is 0 Å². The first-order valence-electron chi connectivity index (χ1n) is 8.97. The van der Waals surface area contributed by atoms with Crippen molar-refractivity contribution >= 4 is 17.3 Å². The molecule has 1 saturated heterocycles. The summed E-state index contributed by atoms with van der Waals surface area (Å²) in [7, 11) is 0. The van der Waals surface area contributed by atoms with Crippen molar-refractivity contribution in [1.82, 2.24) is 10.2 Å². The van der Waals surface area contributed by atoms with Crippen molar-refractivity contribution in [2.24, 2.45) is 5.92 Å². The summed E-state index contributed by atoms with van der Waals surface area (Å²) in [6.45, 7) is 4.08. The molecule has 1 aliphatic rings. The quantitative estimate of drug-likeness (QED) is 0.830. The molecular formula is C19H24N4O3. The second-order valence-corrected chi connectivity index (χ2v) is 6.44. The van der Waals surface area contributed by atoms with Crippen LogP contribution in [0, 0.1) is 5.92 Å². The summed E-state index contributed by atoms with van der Waals surface area (Å²) in [6, 6.07) is 9.00. The average Bonchev–Trinajstić information content (AvgIpc) is 2.64. The van der Waals surface area contributed by atoms with E-state index >= 15 is 0 Å². The molecule has 0 aliphatic carbocycles. The minimum absolute atomic E-state index is 0.0203. The highest BCUT2D eigenvalue weighted by Crippen LogP contribution is 2.26. The fourth-order valence-corrected chi connectivity index (χ4v) is 3.32. The van der Waals surface area contributed by atoms with E-state index in [0.717, 1.165) is 31.6 Å². The van der Waals surface area contributed by atoms with Crippen LogP contribution in [0.3, 0.4) is 0 Å². The number of carbonyl (C=O) groups excluding carboxylic acids is 1. The number of ether oxygens (including phenoxy) is 1. The molecular weight excluding hydrogens is 332 g/mol. The maximum atomic E-state index is 12.5. The summed E-state index contributed by atoms with van der Waals surface area (Å²) in [5.74, 6) is 0.901. The number of amides is 1. The van der Waals surface area contributed by atoms with E-state index in [2.05, 4.69) is 20.4 Å². The lowest BCUT2D eigenvalue weighted by Gasteiger charge is -2.33. The van der Waals surface area contributed by atoms with E-state index in [4.69, 9.17) is 4.74 Å². The maximum Gasteiger partial charge on any atom is 0.266 e. The van der Waals surface area contributed by atoms with Gasteiger partial charge in [0.2, 0.25) is 5.91 Å². The van der Waals surface area contributed by atoms with Gasteiger partial charge in [-0.3, -0.25) is 9.59 Å². The summed E-state index contributed by atoms with van der Waals surface area (Å²) in [4.78, 5) is 26.1. The third-order valence-electron chi connectivity index (χ3n) is 4.47. The molecule has 1 aliphatic heterocycles. The molecule has 7 heteroatoms. The second kappa shape index (κ2) is 8.51. The smallest absolute Gasteiger partial charge is 0.266 e. The number of para-hydroxylation sites is 2. The standard InChI is InChI=1S/C19H24N4O3/c1-2-26-17-8-4-3-7-16(17)21-18(24)10-14-6-5-9-23(13-14)15-11-19(25)22-20-12-15/h3-4,7-8,11-12,14H,2,5-6,9-10,13H2,1H3,(H,21,24)(H,22,25). The number of aromatic amines is 1. The van der Waals surface area contributed by atoms with E-state index in [1.54, 1.807) is 12.3 Å². The largest absolute Gasteiger partial charge is 0.492 e. The number of aromatic nitrogens is 2. The Bertz CT molecular complexity index is 805. The Morgan fingerprint density at radius 1 is 1.42 bits per heavy atom. The maximum absolute atomic E-state index is 12.5. The second-order valence-electron chi connectivity index (χ2n) is 6.44. The van der Waals surface area contributed by atoms with Crippen molar-refractivity contribution < 1.29 is 9.53 Å². The molecule has 26 heavy (non-hydrogen) atoms. The van der Waals surface area contributed by atoms with Crippen LogP contribution in [0.1, 0.15) is 26.2 Å². The van der Waals surface area contributed by atoms with E-state index in [1.165, 1.54) is 0 Å². The van der Waals surface area contributed by atoms with Gasteiger partial charge in [-0.25, -0.2) is 5.10 Å². The van der Waals surface area contributed by atoms with Crippen LogP contribution in [-0.4, -0.2) is 35.8 Å². The topological polar surface area (TPSA) is 87.3 Å². The molecule has 2 aromatic rings. The number of nitrogens with one attached hydrogen (secondary N) is 2. The minimum Gasteiger partial charge on any atom is -0.492 e. The summed E-state index contributed by atoms with van der Waals surface area (Å²) in [5, 5.41) is 9.20. The zero-order chi connectivity index (χ0) is 18.4. The fourth-order valence-electron chi connectivity index (χ4n) is 3.32. The van der Waals surface area contributed by atoms with Crippen LogP contribution < -0.4 is 20.5 Å². The predicted octanol–water partition coefficient (Wildman–Crippen LogP) is 2.41. The van der Waals surface area contributed by atoms with Crippen LogP contribution in [0.5, 0.6) is 5.75 Å². The first kappa shape index (κ1) is 18.0. The summed E-state index contributed by atoms with van der Waals surface area (Å²) >= 11 is 0. The van der Waals surface area contributed by atoms with E-state index in [-0.39, 0.29) is 17.4 Å². The van der Waals surface area contributed by atoms with Gasteiger partial charge in [0.05, 0.1) is 24.2 Å². The highest BCUT2D eigenvalue weighted by atomic mass is 16.5. The number of piperidine rings is 1. The first-order valence-corrected chi connectivity index (χ1v) is 8.97. The van der Waals surface area contributed by atoms with Crippen molar-refractivity contribution in [3.63, 3.8) is 0 Å². The van der Waals surface area contributed by atoms with Gasteiger partial charge >= 0.3 is 0 Å². The number of hydrogen-bond acceptors (Lipinski definition) is 5. The lowest BCUT2D eigenvalue weighted by atomic mass is 9.94. The fraction of sp³-hybridized carbons (Fsp3) is 0.421. The molecule has 1 atom stereocenters. The normalized spacial score (nSPS) is 17.0. The molecule has 2 heterocycles. The zero-order valence-corrected chi connectivity index (χ0v) is 14.9. The Hall–Kier alpha value is -2.83. The number of anilines is 2. The molecule has 0 bridgehead atoms. The lowest BCUT2D eigenvalue weighted by Crippen LogP contribution is -2.37. The van der Waals surface area contributed by atoms with Gasteiger partial charge in [-0.2, -0.15) is 5.10 Å². The summed E-state index contributed by atoms with van der Waals surface area (Å²) in [5.41, 5.74) is 1.29. The van der Waals surface area contributed by atoms with Gasteiger partial charge < -0.3 is 15.0 Å². The van der Waals surface area contributed by atoms with E-state index < -0.39 is 0 Å². The van der Waals surface area contributed by atoms with Crippen LogP contribution in [0.4, 0.5) is 11.4 Å². The molecule has 138 valence electrons. The molecule has 0 spiro atoms. The molecule has 1 aromatic heterocycles. The molecule has 0 saturated carbocycles. The molecule has 1 fully saturated rings. The zero-order valence-electron chi connectivity index (χ0n) is 14.9. The van der Waals surface area contributed by atoms with Gasteiger partial charge in [0.1, 0.15) is 5.75 Å². The monoisotopic (exact) mass is 356 g/mol. The van der Waals surface area contributed by atoms with Crippen molar-refractivity contribution in [3.8, 4) is 5.75 Å². The van der Waals surface area contributed by atoms with Gasteiger partial charge in [0, 0.05) is 25.6 Å². The Kier molecular flexibility index (Phi) is 5.88. The predicted molar refractivity (Wildman–Crippen MR) is 101 cm³/mol. The van der Waals surface area contributed by atoms with Crippen molar-refractivity contribution in [2.45, 2.75) is 26.2 Å². The van der Waals surface area contributed by atoms with Gasteiger partial charge in [-0.1, -0.05) is 12.1 Å². The Morgan fingerprint density at radius 2 is 2.27 bits per heavy atom. The highest BCUT2D eigenvalue weighted by Gasteiger charge is 2.23. The molecule has 1 unspecified atom stereocenters. The minimum atomic E-state index is -0.213. The van der Waals surface area contributed by atoms with Crippen LogP contribution >= 0.6 is 0 Å². The number of benzene rings is 1. The van der Waals surface area contributed by atoms with Gasteiger partial charge in [0.25, 0.3) is 5.56 Å². The summed E-state index contributed by atoms with van der Waals surface area (Å²) < 4.78 is 5.55. The van der Waals surface area contributed by atoms with Gasteiger partial charge in [-0.05, 0) is 37.8 Å². The van der Waals surface area contributed by atoms with Crippen molar-refractivity contribution in [2.75, 3.05) is 29.9 Å².